The summed E-state index contributed by atoms with van der Waals surface area (Å²) in [4.78, 5) is 57.9. The summed E-state index contributed by atoms with van der Waals surface area (Å²) >= 11 is 6.00. The van der Waals surface area contributed by atoms with E-state index < -0.39 is 69.7 Å². The van der Waals surface area contributed by atoms with E-state index in [0.717, 1.165) is 17.0 Å². The standard InChI is InChI=1S/C31H29ClF2N2O5/c1-30(2,3)36-26(38)17-8-7-16-18(24(17)28(36)40)13-19-27(39)35(15-6-9-21(33)20(32)12-15)29(41)31(19,4)25(16)14-5-10-23(37)22(34)11-14/h5-7,9-12,17-19,24-25,37H,8,13H2,1-4H3. The van der Waals surface area contributed by atoms with Crippen molar-refractivity contribution in [3.8, 4) is 5.75 Å². The van der Waals surface area contributed by atoms with E-state index in [9.17, 15) is 33.1 Å². The number of phenolic OH excluding ortho intramolecular Hbond substituents is 1. The van der Waals surface area contributed by atoms with E-state index in [4.69, 9.17) is 11.6 Å². The third kappa shape index (κ3) is 3.74. The minimum Gasteiger partial charge on any atom is -0.505 e. The van der Waals surface area contributed by atoms with Gasteiger partial charge in [0.2, 0.25) is 23.6 Å². The fraction of sp³-hybridized carbons (Fsp3) is 0.419. The second-order valence-electron chi connectivity index (χ2n) is 12.7. The topological polar surface area (TPSA) is 95.0 Å². The summed E-state index contributed by atoms with van der Waals surface area (Å²) in [5.41, 5.74) is -0.963. The number of nitrogens with zero attached hydrogens (tertiary/aromatic N) is 2. The van der Waals surface area contributed by atoms with Crippen LogP contribution in [-0.4, -0.2) is 39.2 Å². The van der Waals surface area contributed by atoms with Gasteiger partial charge in [-0.25, -0.2) is 13.7 Å². The number of allylic oxidation sites excluding steroid dienone is 2. The van der Waals surface area contributed by atoms with Gasteiger partial charge in [-0.3, -0.25) is 24.1 Å². The third-order valence-corrected chi connectivity index (χ3v) is 9.70. The van der Waals surface area contributed by atoms with E-state index in [1.165, 1.54) is 29.2 Å². The fourth-order valence-electron chi connectivity index (χ4n) is 7.63. The molecule has 0 radical (unpaired) electrons. The highest BCUT2D eigenvalue weighted by atomic mass is 35.5. The molecule has 6 rings (SSSR count). The maximum atomic E-state index is 14.7. The Hall–Kier alpha value is -3.59. The first-order valence-corrected chi connectivity index (χ1v) is 14.0. The van der Waals surface area contributed by atoms with Gasteiger partial charge < -0.3 is 5.11 Å². The first kappa shape index (κ1) is 27.6. The number of amides is 4. The number of hydrogen-bond acceptors (Lipinski definition) is 5. The summed E-state index contributed by atoms with van der Waals surface area (Å²) < 4.78 is 28.7. The molecule has 2 saturated heterocycles. The van der Waals surface area contributed by atoms with E-state index in [0.29, 0.717) is 11.1 Å². The second kappa shape index (κ2) is 8.95. The molecule has 1 N–H and O–H groups in total. The van der Waals surface area contributed by atoms with Crippen molar-refractivity contribution in [1.82, 2.24) is 4.90 Å². The Morgan fingerprint density at radius 2 is 1.66 bits per heavy atom. The lowest BCUT2D eigenvalue weighted by atomic mass is 9.51. The Labute approximate surface area is 240 Å². The molecule has 0 aromatic heterocycles. The molecule has 10 heteroatoms. The number of aromatic hydroxyl groups is 1. The van der Waals surface area contributed by atoms with Crippen LogP contribution in [0.3, 0.4) is 0 Å². The summed E-state index contributed by atoms with van der Waals surface area (Å²) in [7, 11) is 0. The molecule has 0 spiro atoms. The molecule has 6 unspecified atom stereocenters. The van der Waals surface area contributed by atoms with Gasteiger partial charge in [-0.2, -0.15) is 0 Å². The maximum Gasteiger partial charge on any atom is 0.241 e. The summed E-state index contributed by atoms with van der Waals surface area (Å²) in [5.74, 6) is -7.45. The molecule has 0 bridgehead atoms. The lowest BCUT2D eigenvalue weighted by molar-refractivity contribution is -0.145. The number of anilines is 1. The molecule has 6 atom stereocenters. The Balaban J connectivity index is 1.53. The van der Waals surface area contributed by atoms with Crippen LogP contribution < -0.4 is 4.90 Å². The number of benzene rings is 2. The molecule has 2 aliphatic carbocycles. The lowest BCUT2D eigenvalue weighted by Crippen LogP contribution is -2.49. The van der Waals surface area contributed by atoms with Crippen molar-refractivity contribution in [2.45, 2.75) is 52.0 Å². The first-order valence-electron chi connectivity index (χ1n) is 13.6. The molecular weight excluding hydrogens is 554 g/mol. The normalized spacial score (nSPS) is 31.3. The van der Waals surface area contributed by atoms with Gasteiger partial charge in [0.25, 0.3) is 0 Å². The molecule has 4 aliphatic rings. The van der Waals surface area contributed by atoms with E-state index in [2.05, 4.69) is 0 Å². The third-order valence-electron chi connectivity index (χ3n) is 9.41. The Bertz CT molecular complexity index is 1580. The highest BCUT2D eigenvalue weighted by molar-refractivity contribution is 6.31. The number of halogens is 3. The number of likely N-dealkylation sites (tertiary alicyclic amines) is 1. The Kier molecular flexibility index (Phi) is 6.02. The van der Waals surface area contributed by atoms with Crippen LogP contribution >= 0.6 is 11.6 Å². The average molecular weight is 583 g/mol. The minimum atomic E-state index is -1.40. The van der Waals surface area contributed by atoms with E-state index in [1.54, 1.807) is 27.7 Å². The van der Waals surface area contributed by atoms with Crippen LogP contribution in [0.2, 0.25) is 5.02 Å². The molecule has 2 aliphatic heterocycles. The molecule has 41 heavy (non-hydrogen) atoms. The summed E-state index contributed by atoms with van der Waals surface area (Å²) in [5, 5.41) is 9.65. The van der Waals surface area contributed by atoms with Gasteiger partial charge in [0.05, 0.1) is 33.9 Å². The van der Waals surface area contributed by atoms with Gasteiger partial charge in [-0.15, -0.1) is 0 Å². The monoisotopic (exact) mass is 582 g/mol. The molecule has 2 aromatic rings. The van der Waals surface area contributed by atoms with Gasteiger partial charge in [0.15, 0.2) is 11.6 Å². The molecule has 214 valence electrons. The van der Waals surface area contributed by atoms with Crippen molar-refractivity contribution in [1.29, 1.82) is 0 Å². The van der Waals surface area contributed by atoms with Crippen LogP contribution in [0.25, 0.3) is 0 Å². The molecule has 7 nitrogen and oxygen atoms in total. The SMILES string of the molecule is CC12C(=O)N(c3ccc(F)c(Cl)c3)C(=O)C1CC1C(=CCC3C(=O)N(C(C)(C)C)C(=O)C31)C2c1ccc(O)c(F)c1. The lowest BCUT2D eigenvalue weighted by Gasteiger charge is -2.49. The van der Waals surface area contributed by atoms with Gasteiger partial charge in [-0.1, -0.05) is 29.3 Å². The molecule has 4 amide bonds. The van der Waals surface area contributed by atoms with Gasteiger partial charge in [-0.05, 0) is 82.3 Å². The molecular formula is C31H29ClF2N2O5. The van der Waals surface area contributed by atoms with Crippen molar-refractivity contribution in [2.24, 2.45) is 29.1 Å². The number of hydrogen-bond donors (Lipinski definition) is 1. The van der Waals surface area contributed by atoms with Crippen molar-refractivity contribution >= 4 is 40.9 Å². The number of rotatable bonds is 2. The van der Waals surface area contributed by atoms with Crippen molar-refractivity contribution in [2.75, 3.05) is 4.90 Å². The van der Waals surface area contributed by atoms with E-state index >= 15 is 0 Å². The van der Waals surface area contributed by atoms with Crippen LogP contribution in [0.15, 0.2) is 48.0 Å². The largest absolute Gasteiger partial charge is 0.505 e. The van der Waals surface area contributed by atoms with E-state index in [1.807, 2.05) is 6.08 Å². The van der Waals surface area contributed by atoms with Crippen LogP contribution in [-0.2, 0) is 19.2 Å². The molecule has 3 fully saturated rings. The average Bonchev–Trinajstić information content (AvgIpc) is 3.27. The summed E-state index contributed by atoms with van der Waals surface area (Å²) in [6.45, 7) is 7.03. The number of phenols is 1. The molecule has 2 heterocycles. The number of fused-ring (bicyclic) bond motifs is 4. The smallest absolute Gasteiger partial charge is 0.241 e. The number of carbonyl (C=O) groups is 4. The first-order chi connectivity index (χ1) is 19.2. The van der Waals surface area contributed by atoms with Crippen LogP contribution in [0.5, 0.6) is 5.75 Å². The Morgan fingerprint density at radius 3 is 2.29 bits per heavy atom. The molecule has 1 saturated carbocycles. The van der Waals surface area contributed by atoms with Crippen LogP contribution in [0.4, 0.5) is 14.5 Å². The Morgan fingerprint density at radius 1 is 0.951 bits per heavy atom. The summed E-state index contributed by atoms with van der Waals surface area (Å²) in [6, 6.07) is 7.45. The van der Waals surface area contributed by atoms with Crippen LogP contribution in [0, 0.1) is 40.7 Å². The quantitative estimate of drug-likeness (QED) is 0.380. The van der Waals surface area contributed by atoms with Crippen LogP contribution in [0.1, 0.15) is 52.0 Å². The number of imide groups is 2. The second-order valence-corrected chi connectivity index (χ2v) is 13.1. The number of carbonyl (C=O) groups excluding carboxylic acids is 4. The minimum absolute atomic E-state index is 0.110. The summed E-state index contributed by atoms with van der Waals surface area (Å²) in [6.07, 6.45) is 2.27. The van der Waals surface area contributed by atoms with Crippen molar-refractivity contribution in [3.63, 3.8) is 0 Å². The fourth-order valence-corrected chi connectivity index (χ4v) is 7.80. The zero-order valence-corrected chi connectivity index (χ0v) is 23.7. The molecule has 2 aromatic carbocycles. The highest BCUT2D eigenvalue weighted by Crippen LogP contribution is 2.64. The highest BCUT2D eigenvalue weighted by Gasteiger charge is 2.68. The maximum absolute atomic E-state index is 14.7. The predicted molar refractivity (Wildman–Crippen MR) is 146 cm³/mol. The zero-order chi connectivity index (χ0) is 29.8. The van der Waals surface area contributed by atoms with E-state index in [-0.39, 0.29) is 35.4 Å². The van der Waals surface area contributed by atoms with Gasteiger partial charge >= 0.3 is 0 Å². The van der Waals surface area contributed by atoms with Crippen molar-refractivity contribution < 1.29 is 33.1 Å². The van der Waals surface area contributed by atoms with Gasteiger partial charge in [0.1, 0.15) is 5.82 Å². The predicted octanol–water partition coefficient (Wildman–Crippen LogP) is 5.35. The zero-order valence-electron chi connectivity index (χ0n) is 23.0. The van der Waals surface area contributed by atoms with Crippen molar-refractivity contribution in [3.05, 3.63) is 70.3 Å². The van der Waals surface area contributed by atoms with Gasteiger partial charge in [0, 0.05) is 11.5 Å².